The van der Waals surface area contributed by atoms with Crippen LogP contribution in [0.5, 0.6) is 0 Å². The fraction of sp³-hybridized carbons (Fsp3) is 0.476. The normalized spacial score (nSPS) is 32.1. The first-order valence-electron chi connectivity index (χ1n) is 9.12. The molecule has 1 aliphatic carbocycles. The maximum absolute atomic E-state index is 11.1. The monoisotopic (exact) mass is 318 g/mol. The number of nitriles is 1. The van der Waals surface area contributed by atoms with Gasteiger partial charge in [-0.05, 0) is 56.6 Å². The number of rotatable bonds is 2. The molecule has 0 amide bonds. The third kappa shape index (κ3) is 1.99. The van der Waals surface area contributed by atoms with E-state index in [0.29, 0.717) is 18.0 Å². The van der Waals surface area contributed by atoms with Crippen LogP contribution in [0, 0.1) is 17.2 Å². The highest BCUT2D eigenvalue weighted by Crippen LogP contribution is 2.53. The van der Waals surface area contributed by atoms with E-state index in [1.165, 1.54) is 36.8 Å². The van der Waals surface area contributed by atoms with Crippen LogP contribution in [0.3, 0.4) is 0 Å². The highest BCUT2D eigenvalue weighted by molar-refractivity contribution is 5.98. The Morgan fingerprint density at radius 3 is 2.25 bits per heavy atom. The lowest BCUT2D eigenvalue weighted by Gasteiger charge is -2.45. The highest BCUT2D eigenvalue weighted by Gasteiger charge is 2.53. The van der Waals surface area contributed by atoms with Gasteiger partial charge in [0.15, 0.2) is 0 Å². The van der Waals surface area contributed by atoms with Gasteiger partial charge in [0, 0.05) is 28.5 Å². The van der Waals surface area contributed by atoms with Crippen molar-refractivity contribution < 1.29 is 5.11 Å². The smallest absolute Gasteiger partial charge is 0.0998 e. The maximum Gasteiger partial charge on any atom is 0.0998 e. The Hall–Kier alpha value is -2.05. The van der Waals surface area contributed by atoms with Crippen molar-refractivity contribution in [1.29, 1.82) is 5.26 Å². The van der Waals surface area contributed by atoms with Crippen molar-refractivity contribution in [2.45, 2.75) is 56.2 Å². The third-order valence-electron chi connectivity index (χ3n) is 6.44. The van der Waals surface area contributed by atoms with E-state index >= 15 is 0 Å². The van der Waals surface area contributed by atoms with E-state index in [0.717, 1.165) is 23.8 Å². The summed E-state index contributed by atoms with van der Waals surface area (Å²) < 4.78 is 0. The first-order valence-corrected chi connectivity index (χ1v) is 9.12. The number of aliphatic hydroxyl groups is 1. The summed E-state index contributed by atoms with van der Waals surface area (Å²) in [6.45, 7) is 0. The topological polar surface area (TPSA) is 47.3 Å². The number of hydrogen-bond acceptors (Lipinski definition) is 3. The minimum absolute atomic E-state index is 0.426. The van der Waals surface area contributed by atoms with Crippen LogP contribution >= 0.6 is 0 Å². The first kappa shape index (κ1) is 14.3. The van der Waals surface area contributed by atoms with E-state index in [-0.39, 0.29) is 0 Å². The standard InChI is InChI=1S/C21H22N2O/c22-13-14-5-10-20(19-4-2-1-3-18(14)19)23-16-8-9-17(23)12-21(24,11-16)15-6-7-15/h1-5,10,15-17,24H,6-9,11-12H2/t16-,17-/m1/s1. The Balaban J connectivity index is 1.59. The van der Waals surface area contributed by atoms with Crippen molar-refractivity contribution in [3.05, 3.63) is 42.0 Å². The van der Waals surface area contributed by atoms with Gasteiger partial charge in [-0.25, -0.2) is 0 Å². The summed E-state index contributed by atoms with van der Waals surface area (Å²) >= 11 is 0. The van der Waals surface area contributed by atoms with Crippen molar-refractivity contribution in [3.63, 3.8) is 0 Å². The summed E-state index contributed by atoms with van der Waals surface area (Å²) in [5.41, 5.74) is 1.56. The Morgan fingerprint density at radius 1 is 0.958 bits per heavy atom. The SMILES string of the molecule is N#Cc1ccc(N2[C@@H]3CC[C@@H]2CC(O)(C2CC2)C3)c2ccccc12. The summed E-state index contributed by atoms with van der Waals surface area (Å²) in [6.07, 6.45) is 6.57. The van der Waals surface area contributed by atoms with Crippen LogP contribution in [0.4, 0.5) is 5.69 Å². The number of fused-ring (bicyclic) bond motifs is 3. The largest absolute Gasteiger partial charge is 0.389 e. The zero-order chi connectivity index (χ0) is 16.3. The van der Waals surface area contributed by atoms with Gasteiger partial charge >= 0.3 is 0 Å². The molecule has 0 aromatic heterocycles. The van der Waals surface area contributed by atoms with E-state index < -0.39 is 5.60 Å². The molecule has 5 rings (SSSR count). The van der Waals surface area contributed by atoms with Crippen LogP contribution in [-0.2, 0) is 0 Å². The molecule has 3 fully saturated rings. The molecule has 2 heterocycles. The van der Waals surface area contributed by atoms with Crippen LogP contribution in [0.2, 0.25) is 0 Å². The second-order valence-electron chi connectivity index (χ2n) is 7.87. The van der Waals surface area contributed by atoms with Crippen LogP contribution in [0.1, 0.15) is 44.1 Å². The average Bonchev–Trinajstić information content (AvgIpc) is 3.41. The molecule has 2 aromatic carbocycles. The van der Waals surface area contributed by atoms with E-state index in [9.17, 15) is 10.4 Å². The maximum atomic E-state index is 11.1. The third-order valence-corrected chi connectivity index (χ3v) is 6.44. The summed E-state index contributed by atoms with van der Waals surface area (Å²) in [4.78, 5) is 2.56. The van der Waals surface area contributed by atoms with Crippen molar-refractivity contribution >= 4 is 16.5 Å². The van der Waals surface area contributed by atoms with Gasteiger partial charge in [0.05, 0.1) is 17.2 Å². The lowest BCUT2D eigenvalue weighted by Crippen LogP contribution is -2.52. The molecule has 2 aromatic rings. The van der Waals surface area contributed by atoms with Crippen LogP contribution < -0.4 is 4.90 Å². The van der Waals surface area contributed by atoms with E-state index in [2.05, 4.69) is 29.2 Å². The van der Waals surface area contributed by atoms with Gasteiger partial charge in [0.2, 0.25) is 0 Å². The van der Waals surface area contributed by atoms with Crippen molar-refractivity contribution in [2.24, 2.45) is 5.92 Å². The van der Waals surface area contributed by atoms with Gasteiger partial charge in [-0.3, -0.25) is 0 Å². The molecule has 3 nitrogen and oxygen atoms in total. The van der Waals surface area contributed by atoms with E-state index in [4.69, 9.17) is 0 Å². The van der Waals surface area contributed by atoms with Crippen molar-refractivity contribution in [3.8, 4) is 6.07 Å². The predicted molar refractivity (Wildman–Crippen MR) is 94.9 cm³/mol. The van der Waals surface area contributed by atoms with Gasteiger partial charge in [0.25, 0.3) is 0 Å². The van der Waals surface area contributed by atoms with Crippen LogP contribution in [-0.4, -0.2) is 22.8 Å². The predicted octanol–water partition coefficient (Wildman–Crippen LogP) is 3.98. The Labute approximate surface area is 142 Å². The molecular weight excluding hydrogens is 296 g/mol. The number of piperidine rings is 1. The van der Waals surface area contributed by atoms with Crippen LogP contribution in [0.25, 0.3) is 10.8 Å². The molecule has 0 unspecified atom stereocenters. The number of anilines is 1. The summed E-state index contributed by atoms with van der Waals surface area (Å²) in [5, 5.41) is 22.7. The lowest BCUT2D eigenvalue weighted by molar-refractivity contribution is -0.0188. The molecule has 2 bridgehead atoms. The molecule has 0 spiro atoms. The van der Waals surface area contributed by atoms with E-state index in [1.807, 2.05) is 18.2 Å². The van der Waals surface area contributed by atoms with Gasteiger partial charge in [-0.2, -0.15) is 5.26 Å². The first-order chi connectivity index (χ1) is 11.7. The van der Waals surface area contributed by atoms with Crippen molar-refractivity contribution in [2.75, 3.05) is 4.90 Å². The lowest BCUT2D eigenvalue weighted by atomic mass is 9.81. The number of hydrogen-bond donors (Lipinski definition) is 1. The molecule has 1 N–H and O–H groups in total. The number of benzene rings is 2. The van der Waals surface area contributed by atoms with Crippen LogP contribution in [0.15, 0.2) is 36.4 Å². The summed E-state index contributed by atoms with van der Waals surface area (Å²) in [7, 11) is 0. The zero-order valence-corrected chi connectivity index (χ0v) is 13.8. The second-order valence-corrected chi connectivity index (χ2v) is 7.87. The molecule has 2 aliphatic heterocycles. The van der Waals surface area contributed by atoms with Gasteiger partial charge in [-0.15, -0.1) is 0 Å². The molecule has 2 atom stereocenters. The summed E-state index contributed by atoms with van der Waals surface area (Å²) in [5.74, 6) is 0.542. The van der Waals surface area contributed by atoms with Gasteiger partial charge < -0.3 is 10.0 Å². The fourth-order valence-corrected chi connectivity index (χ4v) is 5.21. The Morgan fingerprint density at radius 2 is 1.62 bits per heavy atom. The molecular formula is C21H22N2O. The molecule has 0 radical (unpaired) electrons. The number of nitrogens with zero attached hydrogens (tertiary/aromatic N) is 2. The van der Waals surface area contributed by atoms with Gasteiger partial charge in [0.1, 0.15) is 0 Å². The van der Waals surface area contributed by atoms with E-state index in [1.54, 1.807) is 0 Å². The highest BCUT2D eigenvalue weighted by atomic mass is 16.3. The molecule has 3 heteroatoms. The minimum atomic E-state index is -0.426. The van der Waals surface area contributed by atoms with Gasteiger partial charge in [-0.1, -0.05) is 24.3 Å². The summed E-state index contributed by atoms with van der Waals surface area (Å²) in [6, 6.07) is 15.5. The molecule has 122 valence electrons. The fourth-order valence-electron chi connectivity index (χ4n) is 5.21. The average molecular weight is 318 g/mol. The Kier molecular flexibility index (Phi) is 2.96. The zero-order valence-electron chi connectivity index (χ0n) is 13.8. The molecule has 24 heavy (non-hydrogen) atoms. The van der Waals surface area contributed by atoms with Crippen molar-refractivity contribution in [1.82, 2.24) is 0 Å². The molecule has 2 saturated heterocycles. The quantitative estimate of drug-likeness (QED) is 0.911. The molecule has 1 saturated carbocycles. The minimum Gasteiger partial charge on any atom is -0.389 e. The molecule has 3 aliphatic rings. The Bertz CT molecular complexity index is 835. The second kappa shape index (κ2) is 4.97.